The molecule has 2 aromatic rings. The summed E-state index contributed by atoms with van der Waals surface area (Å²) in [6.45, 7) is 0.844. The summed E-state index contributed by atoms with van der Waals surface area (Å²) < 4.78 is 5.35. The summed E-state index contributed by atoms with van der Waals surface area (Å²) in [7, 11) is 1.49. The number of rotatable bonds is 5. The summed E-state index contributed by atoms with van der Waals surface area (Å²) in [5.41, 5.74) is 1.88. The number of methoxy groups -OCH3 is 1. The van der Waals surface area contributed by atoms with Gasteiger partial charge in [-0.3, -0.25) is 14.4 Å². The second-order valence-electron chi connectivity index (χ2n) is 6.30. The van der Waals surface area contributed by atoms with Gasteiger partial charge < -0.3 is 20.3 Å². The van der Waals surface area contributed by atoms with Gasteiger partial charge in [0.2, 0.25) is 5.91 Å². The molecule has 1 fully saturated rings. The predicted octanol–water partition coefficient (Wildman–Crippen LogP) is 2.73. The second-order valence-corrected chi connectivity index (χ2v) is 6.74. The lowest BCUT2D eigenvalue weighted by Gasteiger charge is -2.19. The van der Waals surface area contributed by atoms with Crippen LogP contribution in [0.3, 0.4) is 0 Å². The maximum absolute atomic E-state index is 12.1. The van der Waals surface area contributed by atoms with E-state index in [2.05, 4.69) is 10.6 Å². The smallest absolute Gasteiger partial charge is 0.313 e. The molecule has 7 nitrogen and oxygen atoms in total. The predicted molar refractivity (Wildman–Crippen MR) is 107 cm³/mol. The van der Waals surface area contributed by atoms with Crippen molar-refractivity contribution in [1.82, 2.24) is 5.32 Å². The highest BCUT2D eigenvalue weighted by Crippen LogP contribution is 2.33. The van der Waals surface area contributed by atoms with E-state index in [1.807, 2.05) is 0 Å². The van der Waals surface area contributed by atoms with Crippen molar-refractivity contribution in [2.24, 2.45) is 0 Å². The fourth-order valence-electron chi connectivity index (χ4n) is 2.93. The van der Waals surface area contributed by atoms with Crippen LogP contribution in [-0.4, -0.2) is 31.4 Å². The Morgan fingerprint density at radius 2 is 1.89 bits per heavy atom. The highest BCUT2D eigenvalue weighted by atomic mass is 35.5. The van der Waals surface area contributed by atoms with E-state index in [1.54, 1.807) is 47.4 Å². The summed E-state index contributed by atoms with van der Waals surface area (Å²) >= 11 is 5.82. The SMILES string of the molecule is COc1cc(NC(=O)C(=O)NCc2ccc(Cl)cc2)ccc1N1CCCC1=O. The molecule has 146 valence electrons. The highest BCUT2D eigenvalue weighted by molar-refractivity contribution is 6.39. The standard InChI is InChI=1S/C20H20ClN3O4/c1-28-17-11-15(8-9-16(17)24-10-2-3-18(24)25)23-20(27)19(26)22-12-13-4-6-14(21)7-5-13/h4-9,11H,2-3,10,12H2,1H3,(H,22,26)(H,23,27). The first kappa shape index (κ1) is 19.7. The zero-order valence-electron chi connectivity index (χ0n) is 15.3. The minimum atomic E-state index is -0.791. The van der Waals surface area contributed by atoms with Gasteiger partial charge in [-0.15, -0.1) is 0 Å². The summed E-state index contributed by atoms with van der Waals surface area (Å²) in [5.74, 6) is -1.06. The van der Waals surface area contributed by atoms with Gasteiger partial charge in [0.15, 0.2) is 0 Å². The van der Waals surface area contributed by atoms with Crippen molar-refractivity contribution in [3.63, 3.8) is 0 Å². The van der Waals surface area contributed by atoms with Crippen LogP contribution < -0.4 is 20.3 Å². The molecule has 0 spiro atoms. The zero-order chi connectivity index (χ0) is 20.1. The van der Waals surface area contributed by atoms with Crippen molar-refractivity contribution < 1.29 is 19.1 Å². The normalized spacial score (nSPS) is 13.4. The average Bonchev–Trinajstić information content (AvgIpc) is 3.12. The van der Waals surface area contributed by atoms with Crippen LogP contribution in [-0.2, 0) is 20.9 Å². The number of hydrogen-bond donors (Lipinski definition) is 2. The first-order valence-electron chi connectivity index (χ1n) is 8.80. The topological polar surface area (TPSA) is 87.7 Å². The van der Waals surface area contributed by atoms with Crippen molar-refractivity contribution in [3.05, 3.63) is 53.1 Å². The molecule has 2 N–H and O–H groups in total. The second kappa shape index (κ2) is 8.75. The lowest BCUT2D eigenvalue weighted by atomic mass is 10.2. The van der Waals surface area contributed by atoms with Crippen LogP contribution in [0, 0.1) is 0 Å². The molecule has 1 heterocycles. The van der Waals surface area contributed by atoms with Crippen LogP contribution in [0.1, 0.15) is 18.4 Å². The van der Waals surface area contributed by atoms with Gasteiger partial charge in [0, 0.05) is 36.3 Å². The quantitative estimate of drug-likeness (QED) is 0.754. The van der Waals surface area contributed by atoms with Gasteiger partial charge in [-0.05, 0) is 36.2 Å². The molecule has 1 aliphatic rings. The van der Waals surface area contributed by atoms with Crippen LogP contribution in [0.4, 0.5) is 11.4 Å². The van der Waals surface area contributed by atoms with Gasteiger partial charge in [0.25, 0.3) is 0 Å². The number of amides is 3. The lowest BCUT2D eigenvalue weighted by Crippen LogP contribution is -2.35. The van der Waals surface area contributed by atoms with E-state index in [-0.39, 0.29) is 12.5 Å². The van der Waals surface area contributed by atoms with Gasteiger partial charge in [0.1, 0.15) is 5.75 Å². The number of halogens is 1. The van der Waals surface area contributed by atoms with E-state index in [1.165, 1.54) is 7.11 Å². The largest absolute Gasteiger partial charge is 0.494 e. The van der Waals surface area contributed by atoms with Crippen LogP contribution in [0.2, 0.25) is 5.02 Å². The first-order chi connectivity index (χ1) is 13.5. The van der Waals surface area contributed by atoms with E-state index in [0.29, 0.717) is 35.1 Å². The number of hydrogen-bond acceptors (Lipinski definition) is 4. The van der Waals surface area contributed by atoms with Crippen molar-refractivity contribution >= 4 is 40.7 Å². The molecule has 28 heavy (non-hydrogen) atoms. The monoisotopic (exact) mass is 401 g/mol. The third-order valence-electron chi connectivity index (χ3n) is 4.37. The zero-order valence-corrected chi connectivity index (χ0v) is 16.1. The Balaban J connectivity index is 1.62. The molecule has 1 aliphatic heterocycles. The molecule has 0 aromatic heterocycles. The molecule has 1 saturated heterocycles. The Bertz CT molecular complexity index is 899. The minimum absolute atomic E-state index is 0.0386. The molecule has 0 saturated carbocycles. The number of nitrogens with one attached hydrogen (secondary N) is 2. The highest BCUT2D eigenvalue weighted by Gasteiger charge is 2.25. The van der Waals surface area contributed by atoms with Gasteiger partial charge in [-0.25, -0.2) is 0 Å². The van der Waals surface area contributed by atoms with Crippen molar-refractivity contribution in [2.75, 3.05) is 23.9 Å². The molecule has 8 heteroatoms. The number of nitrogens with zero attached hydrogens (tertiary/aromatic N) is 1. The summed E-state index contributed by atoms with van der Waals surface area (Å²) in [6.07, 6.45) is 1.31. The van der Waals surface area contributed by atoms with Crippen LogP contribution >= 0.6 is 11.6 Å². The third kappa shape index (κ3) is 4.61. The minimum Gasteiger partial charge on any atom is -0.494 e. The van der Waals surface area contributed by atoms with Gasteiger partial charge in [-0.1, -0.05) is 23.7 Å². The maximum atomic E-state index is 12.1. The van der Waals surface area contributed by atoms with Crippen LogP contribution in [0.25, 0.3) is 0 Å². The molecule has 3 amide bonds. The molecule has 0 aliphatic carbocycles. The summed E-state index contributed by atoms with van der Waals surface area (Å²) in [5, 5.41) is 5.68. The first-order valence-corrected chi connectivity index (χ1v) is 9.18. The molecular weight excluding hydrogens is 382 g/mol. The summed E-state index contributed by atoms with van der Waals surface area (Å²) in [4.78, 5) is 37.8. The Hall–Kier alpha value is -3.06. The third-order valence-corrected chi connectivity index (χ3v) is 4.63. The Labute approximate surface area is 167 Å². The van der Waals surface area contributed by atoms with E-state index in [4.69, 9.17) is 16.3 Å². The Morgan fingerprint density at radius 1 is 1.14 bits per heavy atom. The van der Waals surface area contributed by atoms with Crippen molar-refractivity contribution in [3.8, 4) is 5.75 Å². The van der Waals surface area contributed by atoms with Crippen LogP contribution in [0.5, 0.6) is 5.75 Å². The maximum Gasteiger partial charge on any atom is 0.313 e. The van der Waals surface area contributed by atoms with Gasteiger partial charge in [0.05, 0.1) is 12.8 Å². The number of carbonyl (C=O) groups is 3. The number of ether oxygens (including phenoxy) is 1. The number of carbonyl (C=O) groups excluding carboxylic acids is 3. The molecule has 0 unspecified atom stereocenters. The molecule has 0 radical (unpaired) electrons. The number of benzene rings is 2. The molecule has 2 aromatic carbocycles. The molecular formula is C20H20ClN3O4. The van der Waals surface area contributed by atoms with Crippen LogP contribution in [0.15, 0.2) is 42.5 Å². The molecule has 0 bridgehead atoms. The van der Waals surface area contributed by atoms with E-state index in [9.17, 15) is 14.4 Å². The lowest BCUT2D eigenvalue weighted by molar-refractivity contribution is -0.136. The molecule has 0 atom stereocenters. The van der Waals surface area contributed by atoms with E-state index >= 15 is 0 Å². The Morgan fingerprint density at radius 3 is 2.54 bits per heavy atom. The van der Waals surface area contributed by atoms with Gasteiger partial charge in [-0.2, -0.15) is 0 Å². The van der Waals surface area contributed by atoms with Crippen molar-refractivity contribution in [2.45, 2.75) is 19.4 Å². The average molecular weight is 402 g/mol. The summed E-state index contributed by atoms with van der Waals surface area (Å²) in [6, 6.07) is 11.9. The fourth-order valence-corrected chi connectivity index (χ4v) is 3.06. The fraction of sp³-hybridized carbons (Fsp3) is 0.250. The van der Waals surface area contributed by atoms with E-state index < -0.39 is 11.8 Å². The van der Waals surface area contributed by atoms with Crippen molar-refractivity contribution in [1.29, 1.82) is 0 Å². The molecule has 3 rings (SSSR count). The van der Waals surface area contributed by atoms with Gasteiger partial charge >= 0.3 is 11.8 Å². The number of anilines is 2. The Kier molecular flexibility index (Phi) is 6.16. The van der Waals surface area contributed by atoms with E-state index in [0.717, 1.165) is 12.0 Å².